The first-order valence-electron chi connectivity index (χ1n) is 6.98. The van der Waals surface area contributed by atoms with E-state index in [1.165, 1.54) is 6.07 Å². The molecule has 1 atom stereocenters. The Kier molecular flexibility index (Phi) is 7.13. The summed E-state index contributed by atoms with van der Waals surface area (Å²) in [6.45, 7) is 9.12. The summed E-state index contributed by atoms with van der Waals surface area (Å²) in [7, 11) is 1.70. The van der Waals surface area contributed by atoms with E-state index in [1.54, 1.807) is 13.2 Å². The Bertz CT molecular complexity index is 417. The van der Waals surface area contributed by atoms with Crippen LogP contribution in [0, 0.1) is 17.2 Å². The number of hydrogen-bond donors (Lipinski definition) is 1. The van der Waals surface area contributed by atoms with Gasteiger partial charge in [-0.05, 0) is 51.9 Å². The van der Waals surface area contributed by atoms with Gasteiger partial charge in [0.25, 0.3) is 0 Å². The molecule has 4 heteroatoms. The standard InChI is InChI=1S/C16H25BrFNO/c1-16(2,3)13(11-19-8-9-20-4)10-12-6-5-7-14(18)15(12)17/h5-7,13,19H,8-11H2,1-4H3. The minimum absolute atomic E-state index is 0.159. The van der Waals surface area contributed by atoms with Crippen molar-refractivity contribution in [1.29, 1.82) is 0 Å². The van der Waals surface area contributed by atoms with Crippen LogP contribution in [0.5, 0.6) is 0 Å². The highest BCUT2D eigenvalue weighted by Crippen LogP contribution is 2.31. The molecule has 0 aromatic heterocycles. The fourth-order valence-electron chi connectivity index (χ4n) is 2.11. The predicted molar refractivity (Wildman–Crippen MR) is 85.5 cm³/mol. The van der Waals surface area contributed by atoms with Gasteiger partial charge in [0.15, 0.2) is 0 Å². The van der Waals surface area contributed by atoms with Gasteiger partial charge < -0.3 is 10.1 Å². The third kappa shape index (κ3) is 5.51. The van der Waals surface area contributed by atoms with Crippen molar-refractivity contribution in [2.24, 2.45) is 11.3 Å². The van der Waals surface area contributed by atoms with Crippen LogP contribution in [0.4, 0.5) is 4.39 Å². The smallest absolute Gasteiger partial charge is 0.137 e. The van der Waals surface area contributed by atoms with E-state index < -0.39 is 0 Å². The lowest BCUT2D eigenvalue weighted by Crippen LogP contribution is -2.34. The molecule has 2 nitrogen and oxygen atoms in total. The second kappa shape index (κ2) is 8.11. The van der Waals surface area contributed by atoms with E-state index in [0.717, 1.165) is 25.1 Å². The Balaban J connectivity index is 2.72. The quantitative estimate of drug-likeness (QED) is 0.753. The minimum Gasteiger partial charge on any atom is -0.383 e. The van der Waals surface area contributed by atoms with Crippen molar-refractivity contribution in [1.82, 2.24) is 5.32 Å². The number of halogens is 2. The molecule has 0 heterocycles. The Morgan fingerprint density at radius 1 is 1.35 bits per heavy atom. The van der Waals surface area contributed by atoms with E-state index in [1.807, 2.05) is 6.07 Å². The number of rotatable bonds is 7. The third-order valence-corrected chi connectivity index (χ3v) is 4.48. The van der Waals surface area contributed by atoms with Crippen LogP contribution in [0.3, 0.4) is 0 Å². The van der Waals surface area contributed by atoms with Gasteiger partial charge in [-0.1, -0.05) is 32.9 Å². The fourth-order valence-corrected chi connectivity index (χ4v) is 2.53. The maximum Gasteiger partial charge on any atom is 0.137 e. The highest BCUT2D eigenvalue weighted by Gasteiger charge is 2.25. The van der Waals surface area contributed by atoms with Crippen molar-refractivity contribution in [2.45, 2.75) is 27.2 Å². The van der Waals surface area contributed by atoms with Crippen LogP contribution < -0.4 is 5.32 Å². The number of hydrogen-bond acceptors (Lipinski definition) is 2. The van der Waals surface area contributed by atoms with Gasteiger partial charge in [-0.25, -0.2) is 4.39 Å². The van der Waals surface area contributed by atoms with Crippen molar-refractivity contribution < 1.29 is 9.13 Å². The number of methoxy groups -OCH3 is 1. The lowest BCUT2D eigenvalue weighted by molar-refractivity contribution is 0.186. The molecule has 0 saturated carbocycles. The largest absolute Gasteiger partial charge is 0.383 e. The molecule has 1 aromatic rings. The van der Waals surface area contributed by atoms with Gasteiger partial charge in [-0.2, -0.15) is 0 Å². The molecule has 1 unspecified atom stereocenters. The molecule has 0 radical (unpaired) electrons. The fraction of sp³-hybridized carbons (Fsp3) is 0.625. The van der Waals surface area contributed by atoms with Crippen LogP contribution in [0.25, 0.3) is 0 Å². The van der Waals surface area contributed by atoms with Crippen molar-refractivity contribution in [3.8, 4) is 0 Å². The zero-order chi connectivity index (χ0) is 15.2. The highest BCUT2D eigenvalue weighted by atomic mass is 79.9. The maximum atomic E-state index is 13.6. The molecule has 0 bridgehead atoms. The molecule has 0 aliphatic rings. The first kappa shape index (κ1) is 17.6. The van der Waals surface area contributed by atoms with E-state index in [4.69, 9.17) is 4.74 Å². The summed E-state index contributed by atoms with van der Waals surface area (Å²) < 4.78 is 19.2. The third-order valence-electron chi connectivity index (χ3n) is 3.60. The Morgan fingerprint density at radius 3 is 2.65 bits per heavy atom. The molecule has 1 N–H and O–H groups in total. The van der Waals surface area contributed by atoms with E-state index in [9.17, 15) is 4.39 Å². The van der Waals surface area contributed by atoms with Crippen molar-refractivity contribution in [3.05, 3.63) is 34.1 Å². The average Bonchev–Trinajstić information content (AvgIpc) is 2.36. The predicted octanol–water partition coefficient (Wildman–Crippen LogP) is 4.03. The van der Waals surface area contributed by atoms with Crippen LogP contribution in [0.15, 0.2) is 22.7 Å². The van der Waals surface area contributed by atoms with Crippen LogP contribution in [-0.2, 0) is 11.2 Å². The Hall–Kier alpha value is -0.450. The monoisotopic (exact) mass is 345 g/mol. The molecule has 1 rings (SSSR count). The molecule has 0 aliphatic carbocycles. The molecule has 114 valence electrons. The van der Waals surface area contributed by atoms with E-state index in [2.05, 4.69) is 42.0 Å². The second-order valence-electron chi connectivity index (χ2n) is 6.18. The second-order valence-corrected chi connectivity index (χ2v) is 6.97. The summed E-state index contributed by atoms with van der Waals surface area (Å²) in [5.41, 5.74) is 1.18. The summed E-state index contributed by atoms with van der Waals surface area (Å²) in [5, 5.41) is 3.41. The lowest BCUT2D eigenvalue weighted by atomic mass is 9.77. The average molecular weight is 346 g/mol. The van der Waals surface area contributed by atoms with Gasteiger partial charge in [0.2, 0.25) is 0 Å². The van der Waals surface area contributed by atoms with Gasteiger partial charge in [0.05, 0.1) is 11.1 Å². The number of ether oxygens (including phenoxy) is 1. The van der Waals surface area contributed by atoms with Gasteiger partial charge in [0.1, 0.15) is 5.82 Å². The molecule has 0 amide bonds. The van der Waals surface area contributed by atoms with Crippen LogP contribution >= 0.6 is 15.9 Å². The van der Waals surface area contributed by atoms with Crippen LogP contribution in [-0.4, -0.2) is 26.8 Å². The first-order valence-corrected chi connectivity index (χ1v) is 7.78. The molecule has 0 spiro atoms. The molecular formula is C16H25BrFNO. The molecule has 0 fully saturated rings. The van der Waals surface area contributed by atoms with Crippen molar-refractivity contribution in [3.63, 3.8) is 0 Å². The summed E-state index contributed by atoms with van der Waals surface area (Å²) in [6.07, 6.45) is 0.849. The molecule has 0 saturated heterocycles. The van der Waals surface area contributed by atoms with E-state index in [-0.39, 0.29) is 11.2 Å². The maximum absolute atomic E-state index is 13.6. The molecule has 1 aromatic carbocycles. The first-order chi connectivity index (χ1) is 9.36. The van der Waals surface area contributed by atoms with Gasteiger partial charge in [-0.15, -0.1) is 0 Å². The Labute approximate surface area is 130 Å². The normalized spacial score (nSPS) is 13.5. The molecule has 20 heavy (non-hydrogen) atoms. The van der Waals surface area contributed by atoms with Gasteiger partial charge in [0, 0.05) is 13.7 Å². The van der Waals surface area contributed by atoms with E-state index in [0.29, 0.717) is 17.0 Å². The molecule has 0 aliphatic heterocycles. The topological polar surface area (TPSA) is 21.3 Å². The van der Waals surface area contributed by atoms with Crippen LogP contribution in [0.1, 0.15) is 26.3 Å². The SMILES string of the molecule is COCCNCC(Cc1cccc(F)c1Br)C(C)(C)C. The Morgan fingerprint density at radius 2 is 2.05 bits per heavy atom. The lowest BCUT2D eigenvalue weighted by Gasteiger charge is -2.31. The summed E-state index contributed by atoms with van der Waals surface area (Å²) in [6, 6.07) is 5.24. The minimum atomic E-state index is -0.192. The van der Waals surface area contributed by atoms with Gasteiger partial charge in [-0.3, -0.25) is 0 Å². The summed E-state index contributed by atoms with van der Waals surface area (Å²) >= 11 is 3.35. The summed E-state index contributed by atoms with van der Waals surface area (Å²) in [5.74, 6) is 0.236. The molecular weight excluding hydrogens is 321 g/mol. The highest BCUT2D eigenvalue weighted by molar-refractivity contribution is 9.10. The number of benzene rings is 1. The van der Waals surface area contributed by atoms with Crippen molar-refractivity contribution >= 4 is 15.9 Å². The van der Waals surface area contributed by atoms with Crippen molar-refractivity contribution in [2.75, 3.05) is 26.8 Å². The van der Waals surface area contributed by atoms with E-state index >= 15 is 0 Å². The number of nitrogens with one attached hydrogen (secondary N) is 1. The van der Waals surface area contributed by atoms with Crippen LogP contribution in [0.2, 0.25) is 0 Å². The zero-order valence-corrected chi connectivity index (χ0v) is 14.4. The summed E-state index contributed by atoms with van der Waals surface area (Å²) in [4.78, 5) is 0. The zero-order valence-electron chi connectivity index (χ0n) is 12.8. The van der Waals surface area contributed by atoms with Gasteiger partial charge >= 0.3 is 0 Å².